The Morgan fingerprint density at radius 1 is 0.972 bits per heavy atom. The molecule has 0 bridgehead atoms. The molecule has 11 heteroatoms. The van der Waals surface area contributed by atoms with Gasteiger partial charge in [0.1, 0.15) is 0 Å². The van der Waals surface area contributed by atoms with E-state index in [1.807, 2.05) is 0 Å². The van der Waals surface area contributed by atoms with Crippen LogP contribution >= 0.6 is 0 Å². The number of anilines is 1. The first-order chi connectivity index (χ1) is 17.1. The average molecular weight is 498 g/mol. The van der Waals surface area contributed by atoms with Gasteiger partial charge in [-0.2, -0.15) is 23.3 Å². The molecule has 0 aliphatic carbocycles. The molecule has 3 rings (SSSR count). The number of hydrogen-bond donors (Lipinski definition) is 2. The Bertz CT molecular complexity index is 1250. The van der Waals surface area contributed by atoms with Gasteiger partial charge in [0.05, 0.1) is 23.0 Å². The molecule has 0 unspecified atom stereocenters. The maximum Gasteiger partial charge on any atom is 0.416 e. The molecule has 3 aromatic carbocycles. The van der Waals surface area contributed by atoms with Crippen molar-refractivity contribution in [1.82, 2.24) is 5.32 Å². The zero-order chi connectivity index (χ0) is 26.1. The Balaban J connectivity index is 1.75. The van der Waals surface area contributed by atoms with Gasteiger partial charge in [0, 0.05) is 6.54 Å². The molecule has 3 amide bonds. The summed E-state index contributed by atoms with van der Waals surface area (Å²) < 4.78 is 44.7. The van der Waals surface area contributed by atoms with E-state index in [0.717, 1.165) is 23.2 Å². The fraction of sp³-hybridized carbons (Fsp3) is 0.120. The van der Waals surface area contributed by atoms with Crippen LogP contribution in [0.5, 0.6) is 0 Å². The van der Waals surface area contributed by atoms with Crippen LogP contribution < -0.4 is 16.1 Å². The molecular formula is C25H21F3N4O4. The molecule has 36 heavy (non-hydrogen) atoms. The molecule has 0 spiro atoms. The van der Waals surface area contributed by atoms with E-state index < -0.39 is 36.3 Å². The molecule has 3 N–H and O–H groups in total. The summed E-state index contributed by atoms with van der Waals surface area (Å²) in [6, 6.07) is 18.0. The summed E-state index contributed by atoms with van der Waals surface area (Å²) in [4.78, 5) is 36.0. The van der Waals surface area contributed by atoms with Gasteiger partial charge in [-0.3, -0.25) is 4.79 Å². The lowest BCUT2D eigenvalue weighted by atomic mass is 10.1. The number of esters is 1. The number of urea groups is 1. The van der Waals surface area contributed by atoms with E-state index in [1.165, 1.54) is 24.4 Å². The lowest BCUT2D eigenvalue weighted by Crippen LogP contribution is -2.31. The summed E-state index contributed by atoms with van der Waals surface area (Å²) in [5.41, 5.74) is 5.30. The monoisotopic (exact) mass is 498 g/mol. The number of carbonyl (C=O) groups excluding carboxylic acids is 3. The number of primary amides is 1. The van der Waals surface area contributed by atoms with Crippen LogP contribution in [0.1, 0.15) is 27.0 Å². The number of amides is 3. The van der Waals surface area contributed by atoms with E-state index in [0.29, 0.717) is 11.1 Å². The number of rotatable bonds is 8. The predicted octanol–water partition coefficient (Wildman–Crippen LogP) is 4.10. The van der Waals surface area contributed by atoms with Gasteiger partial charge in [-0.25, -0.2) is 9.59 Å². The van der Waals surface area contributed by atoms with Gasteiger partial charge in [-0.1, -0.05) is 48.5 Å². The highest BCUT2D eigenvalue weighted by atomic mass is 19.4. The number of nitrogens with zero attached hydrogens (tertiary/aromatic N) is 2. The summed E-state index contributed by atoms with van der Waals surface area (Å²) in [5, 5.41) is 7.19. The van der Waals surface area contributed by atoms with Gasteiger partial charge in [-0.05, 0) is 41.5 Å². The number of alkyl halides is 3. The van der Waals surface area contributed by atoms with Crippen molar-refractivity contribution in [3.63, 3.8) is 0 Å². The van der Waals surface area contributed by atoms with Crippen molar-refractivity contribution in [2.75, 3.05) is 11.6 Å². The van der Waals surface area contributed by atoms with Crippen LogP contribution in [-0.2, 0) is 22.3 Å². The normalized spacial score (nSPS) is 11.2. The first-order valence-corrected chi connectivity index (χ1v) is 10.5. The Morgan fingerprint density at radius 2 is 1.67 bits per heavy atom. The van der Waals surface area contributed by atoms with Gasteiger partial charge in [0.15, 0.2) is 6.61 Å². The fourth-order valence-electron chi connectivity index (χ4n) is 2.97. The number of hydrogen-bond acceptors (Lipinski definition) is 5. The van der Waals surface area contributed by atoms with Crippen LogP contribution in [0.4, 0.5) is 23.7 Å². The third-order valence-electron chi connectivity index (χ3n) is 4.76. The zero-order valence-corrected chi connectivity index (χ0v) is 18.7. The van der Waals surface area contributed by atoms with Gasteiger partial charge >= 0.3 is 18.2 Å². The third-order valence-corrected chi connectivity index (χ3v) is 4.76. The van der Waals surface area contributed by atoms with Crippen molar-refractivity contribution >= 4 is 29.8 Å². The van der Waals surface area contributed by atoms with E-state index >= 15 is 0 Å². The maximum absolute atomic E-state index is 13.2. The minimum absolute atomic E-state index is 0.129. The first-order valence-electron chi connectivity index (χ1n) is 10.5. The number of carbonyl (C=O) groups is 3. The Hall–Kier alpha value is -4.67. The van der Waals surface area contributed by atoms with Crippen molar-refractivity contribution in [2.24, 2.45) is 10.8 Å². The van der Waals surface area contributed by atoms with Crippen LogP contribution in [0.25, 0.3) is 0 Å². The van der Waals surface area contributed by atoms with Crippen LogP contribution in [0.3, 0.4) is 0 Å². The lowest BCUT2D eigenvalue weighted by molar-refractivity contribution is -0.137. The van der Waals surface area contributed by atoms with Crippen LogP contribution in [0.15, 0.2) is 84.0 Å². The average Bonchev–Trinajstić information content (AvgIpc) is 2.86. The second-order valence-electron chi connectivity index (χ2n) is 7.40. The minimum atomic E-state index is -4.63. The van der Waals surface area contributed by atoms with Crippen molar-refractivity contribution in [3.05, 3.63) is 101 Å². The van der Waals surface area contributed by atoms with Gasteiger partial charge < -0.3 is 15.8 Å². The highest BCUT2D eigenvalue weighted by Gasteiger charge is 2.31. The molecule has 0 radical (unpaired) electrons. The molecule has 0 aliphatic heterocycles. The quantitative estimate of drug-likeness (QED) is 0.277. The third kappa shape index (κ3) is 7.42. The molecule has 0 heterocycles. The smallest absolute Gasteiger partial charge is 0.416 e. The number of nitrogens with two attached hydrogens (primary N) is 1. The first kappa shape index (κ1) is 25.9. The molecule has 0 aliphatic rings. The number of hydrazone groups is 1. The van der Waals surface area contributed by atoms with E-state index in [1.54, 1.807) is 42.5 Å². The summed E-state index contributed by atoms with van der Waals surface area (Å²) in [7, 11) is 0. The molecule has 186 valence electrons. The Morgan fingerprint density at radius 3 is 2.31 bits per heavy atom. The molecule has 0 aromatic heterocycles. The number of halogens is 3. The number of ether oxygens (including phenoxy) is 1. The summed E-state index contributed by atoms with van der Waals surface area (Å²) in [6.45, 7) is -0.610. The minimum Gasteiger partial charge on any atom is -0.452 e. The van der Waals surface area contributed by atoms with Gasteiger partial charge in [0.2, 0.25) is 0 Å². The van der Waals surface area contributed by atoms with Crippen molar-refractivity contribution in [1.29, 1.82) is 0 Å². The summed E-state index contributed by atoms with van der Waals surface area (Å²) in [5.74, 6) is -1.69. The molecule has 8 nitrogen and oxygen atoms in total. The Kier molecular flexibility index (Phi) is 8.39. The largest absolute Gasteiger partial charge is 0.452 e. The van der Waals surface area contributed by atoms with E-state index in [-0.39, 0.29) is 17.8 Å². The molecule has 0 saturated heterocycles. The zero-order valence-electron chi connectivity index (χ0n) is 18.7. The lowest BCUT2D eigenvalue weighted by Gasteiger charge is -2.18. The topological polar surface area (TPSA) is 114 Å². The van der Waals surface area contributed by atoms with E-state index in [2.05, 4.69) is 10.4 Å². The second-order valence-corrected chi connectivity index (χ2v) is 7.40. The van der Waals surface area contributed by atoms with Crippen molar-refractivity contribution < 1.29 is 32.3 Å². The van der Waals surface area contributed by atoms with Gasteiger partial charge in [-0.15, -0.1) is 0 Å². The molecule has 0 saturated carbocycles. The van der Waals surface area contributed by atoms with Crippen LogP contribution in [0, 0.1) is 0 Å². The fourth-order valence-corrected chi connectivity index (χ4v) is 2.97. The number of nitrogens with one attached hydrogen (secondary N) is 1. The highest BCUT2D eigenvalue weighted by Crippen LogP contribution is 2.31. The SMILES string of the molecule is NC(=O)NCc1ccc(C(=O)OCC(=O)N(/N=C/c2ccccc2)c2cccc(C(F)(F)F)c2)cc1. The van der Waals surface area contributed by atoms with Crippen LogP contribution in [-0.4, -0.2) is 30.7 Å². The maximum atomic E-state index is 13.2. The molecule has 0 fully saturated rings. The molecule has 0 atom stereocenters. The van der Waals surface area contributed by atoms with Crippen LogP contribution in [0.2, 0.25) is 0 Å². The predicted molar refractivity (Wildman–Crippen MR) is 126 cm³/mol. The molecular weight excluding hydrogens is 477 g/mol. The van der Waals surface area contributed by atoms with Crippen molar-refractivity contribution in [3.8, 4) is 0 Å². The standard InChI is InChI=1S/C25H21F3N4O4/c26-25(27,28)20-7-4-8-21(13-20)32(31-15-17-5-2-1-3-6-17)22(33)16-36-23(34)19-11-9-18(10-12-19)14-30-24(29)35/h1-13,15H,14,16H2,(H3,29,30,35)/b31-15+. The second kappa shape index (κ2) is 11.6. The molecule has 3 aromatic rings. The summed E-state index contributed by atoms with van der Waals surface area (Å²) in [6.07, 6.45) is -3.32. The van der Waals surface area contributed by atoms with E-state index in [9.17, 15) is 27.6 Å². The number of benzene rings is 3. The summed E-state index contributed by atoms with van der Waals surface area (Å²) >= 11 is 0. The van der Waals surface area contributed by atoms with E-state index in [4.69, 9.17) is 10.5 Å². The van der Waals surface area contributed by atoms with Gasteiger partial charge in [0.25, 0.3) is 5.91 Å². The highest BCUT2D eigenvalue weighted by molar-refractivity contribution is 5.98. The van der Waals surface area contributed by atoms with Crippen molar-refractivity contribution in [2.45, 2.75) is 12.7 Å². The Labute approximate surface area is 204 Å².